The summed E-state index contributed by atoms with van der Waals surface area (Å²) in [7, 11) is 0. The van der Waals surface area contributed by atoms with Crippen molar-refractivity contribution >= 4 is 23.4 Å². The van der Waals surface area contributed by atoms with Gasteiger partial charge in [0.25, 0.3) is 0 Å². The predicted molar refractivity (Wildman–Crippen MR) is 98.1 cm³/mol. The molecule has 6 nitrogen and oxygen atoms in total. The molecule has 6 heteroatoms. The van der Waals surface area contributed by atoms with Gasteiger partial charge in [-0.3, -0.25) is 14.4 Å². The molecule has 1 atom stereocenters. The molecule has 3 rings (SSSR count). The van der Waals surface area contributed by atoms with Crippen LogP contribution in [-0.4, -0.2) is 41.8 Å². The Morgan fingerprint density at radius 3 is 2.77 bits per heavy atom. The minimum Gasteiger partial charge on any atom is -0.347 e. The lowest BCUT2D eigenvalue weighted by Gasteiger charge is -2.23. The van der Waals surface area contributed by atoms with E-state index in [4.69, 9.17) is 6.42 Å². The van der Waals surface area contributed by atoms with Crippen LogP contribution in [0.3, 0.4) is 0 Å². The second-order valence-corrected chi connectivity index (χ2v) is 6.88. The molecule has 2 N–H and O–H groups in total. The van der Waals surface area contributed by atoms with Gasteiger partial charge in [-0.05, 0) is 31.0 Å². The summed E-state index contributed by atoms with van der Waals surface area (Å²) in [4.78, 5) is 38.3. The number of hydrogen-bond acceptors (Lipinski definition) is 3. The lowest BCUT2D eigenvalue weighted by atomic mass is 10.1. The van der Waals surface area contributed by atoms with E-state index >= 15 is 0 Å². The van der Waals surface area contributed by atoms with Crippen LogP contribution in [0.4, 0.5) is 5.69 Å². The van der Waals surface area contributed by atoms with Crippen molar-refractivity contribution < 1.29 is 14.4 Å². The normalized spacial score (nSPS) is 20.0. The van der Waals surface area contributed by atoms with Gasteiger partial charge in [0.05, 0.1) is 12.5 Å². The first-order valence-corrected chi connectivity index (χ1v) is 9.00. The molecule has 1 saturated carbocycles. The third kappa shape index (κ3) is 4.23. The highest BCUT2D eigenvalue weighted by molar-refractivity contribution is 5.96. The predicted octanol–water partition coefficient (Wildman–Crippen LogP) is 1.51. The van der Waals surface area contributed by atoms with E-state index in [1.54, 1.807) is 24.3 Å². The molecule has 0 bridgehead atoms. The van der Waals surface area contributed by atoms with Gasteiger partial charge in [0, 0.05) is 30.3 Å². The molecule has 1 heterocycles. The zero-order valence-electron chi connectivity index (χ0n) is 14.7. The second-order valence-electron chi connectivity index (χ2n) is 6.88. The van der Waals surface area contributed by atoms with Crippen LogP contribution in [0, 0.1) is 18.3 Å². The van der Waals surface area contributed by atoms with Gasteiger partial charge in [0.1, 0.15) is 0 Å². The molecule has 0 radical (unpaired) electrons. The third-order valence-corrected chi connectivity index (χ3v) is 5.03. The lowest BCUT2D eigenvalue weighted by molar-refractivity contribution is -0.130. The van der Waals surface area contributed by atoms with Gasteiger partial charge in [-0.15, -0.1) is 6.42 Å². The van der Waals surface area contributed by atoms with Crippen molar-refractivity contribution in [2.45, 2.75) is 38.1 Å². The van der Waals surface area contributed by atoms with E-state index in [2.05, 4.69) is 16.6 Å². The SMILES string of the molecule is C#Cc1cccc(NC(=O)CNC(=O)[C@H]2CC(=O)N(C3CCCC3)C2)c1. The Hall–Kier alpha value is -2.81. The maximum Gasteiger partial charge on any atom is 0.243 e. The van der Waals surface area contributed by atoms with E-state index in [-0.39, 0.29) is 42.6 Å². The molecular formula is C20H23N3O3. The fraction of sp³-hybridized carbons (Fsp3) is 0.450. The van der Waals surface area contributed by atoms with Crippen LogP contribution in [0.2, 0.25) is 0 Å². The van der Waals surface area contributed by atoms with Crippen molar-refractivity contribution in [1.29, 1.82) is 0 Å². The van der Waals surface area contributed by atoms with Crippen LogP contribution in [0.1, 0.15) is 37.7 Å². The highest BCUT2D eigenvalue weighted by Gasteiger charge is 2.38. The molecule has 0 aromatic heterocycles. The average molecular weight is 353 g/mol. The molecule has 1 aliphatic heterocycles. The minimum absolute atomic E-state index is 0.0487. The van der Waals surface area contributed by atoms with Gasteiger partial charge < -0.3 is 15.5 Å². The summed E-state index contributed by atoms with van der Waals surface area (Å²) < 4.78 is 0. The van der Waals surface area contributed by atoms with E-state index in [9.17, 15) is 14.4 Å². The second kappa shape index (κ2) is 8.05. The molecule has 1 aliphatic carbocycles. The summed E-state index contributed by atoms with van der Waals surface area (Å²) in [6.07, 6.45) is 9.91. The third-order valence-electron chi connectivity index (χ3n) is 5.03. The Morgan fingerprint density at radius 1 is 1.27 bits per heavy atom. The molecule has 0 unspecified atom stereocenters. The quantitative estimate of drug-likeness (QED) is 0.788. The van der Waals surface area contributed by atoms with Crippen molar-refractivity contribution in [3.63, 3.8) is 0 Å². The fourth-order valence-corrected chi connectivity index (χ4v) is 3.68. The molecule has 136 valence electrons. The summed E-state index contributed by atoms with van der Waals surface area (Å²) in [5, 5.41) is 5.33. The van der Waals surface area contributed by atoms with Crippen LogP contribution in [0.15, 0.2) is 24.3 Å². The molecule has 2 fully saturated rings. The Morgan fingerprint density at radius 2 is 2.04 bits per heavy atom. The van der Waals surface area contributed by atoms with E-state index in [1.807, 2.05) is 4.90 Å². The largest absolute Gasteiger partial charge is 0.347 e. The number of carbonyl (C=O) groups excluding carboxylic acids is 3. The van der Waals surface area contributed by atoms with Crippen molar-refractivity contribution in [3.05, 3.63) is 29.8 Å². The van der Waals surface area contributed by atoms with Gasteiger partial charge in [0.2, 0.25) is 17.7 Å². The zero-order valence-corrected chi connectivity index (χ0v) is 14.7. The first-order chi connectivity index (χ1) is 12.6. The number of hydrogen-bond donors (Lipinski definition) is 2. The molecule has 3 amide bonds. The number of likely N-dealkylation sites (tertiary alicyclic amines) is 1. The number of terminal acetylenes is 1. The van der Waals surface area contributed by atoms with E-state index in [1.165, 1.54) is 0 Å². The first-order valence-electron chi connectivity index (χ1n) is 9.00. The highest BCUT2D eigenvalue weighted by atomic mass is 16.2. The summed E-state index contributed by atoms with van der Waals surface area (Å²) in [5.74, 6) is 1.60. The highest BCUT2D eigenvalue weighted by Crippen LogP contribution is 2.29. The average Bonchev–Trinajstić information content (AvgIpc) is 3.29. The molecule has 0 spiro atoms. The maximum atomic E-state index is 12.3. The molecule has 26 heavy (non-hydrogen) atoms. The van der Waals surface area contributed by atoms with Crippen LogP contribution >= 0.6 is 0 Å². The van der Waals surface area contributed by atoms with Gasteiger partial charge in [-0.2, -0.15) is 0 Å². The van der Waals surface area contributed by atoms with Crippen molar-refractivity contribution in [1.82, 2.24) is 10.2 Å². The number of amides is 3. The summed E-state index contributed by atoms with van der Waals surface area (Å²) in [6.45, 7) is 0.328. The number of benzene rings is 1. The number of rotatable bonds is 5. The smallest absolute Gasteiger partial charge is 0.243 e. The molecule has 1 aromatic carbocycles. The molecule has 1 aromatic rings. The van der Waals surface area contributed by atoms with Gasteiger partial charge in [0.15, 0.2) is 0 Å². The topological polar surface area (TPSA) is 78.5 Å². The number of nitrogens with zero attached hydrogens (tertiary/aromatic N) is 1. The Balaban J connectivity index is 1.47. The Kier molecular flexibility index (Phi) is 5.57. The van der Waals surface area contributed by atoms with Gasteiger partial charge in [-0.1, -0.05) is 24.8 Å². The van der Waals surface area contributed by atoms with Crippen LogP contribution in [0.25, 0.3) is 0 Å². The van der Waals surface area contributed by atoms with Crippen molar-refractivity contribution in [2.24, 2.45) is 5.92 Å². The number of nitrogens with one attached hydrogen (secondary N) is 2. The first kappa shape index (κ1) is 18.0. The Labute approximate surface area is 153 Å². The van der Waals surface area contributed by atoms with Crippen molar-refractivity contribution in [3.8, 4) is 12.3 Å². The lowest BCUT2D eigenvalue weighted by Crippen LogP contribution is -2.39. The van der Waals surface area contributed by atoms with Crippen LogP contribution in [-0.2, 0) is 14.4 Å². The minimum atomic E-state index is -0.374. The molecule has 2 aliphatic rings. The van der Waals surface area contributed by atoms with E-state index in [0.717, 1.165) is 25.7 Å². The summed E-state index contributed by atoms with van der Waals surface area (Å²) in [5.41, 5.74) is 1.26. The van der Waals surface area contributed by atoms with Gasteiger partial charge >= 0.3 is 0 Å². The van der Waals surface area contributed by atoms with E-state index < -0.39 is 0 Å². The molecular weight excluding hydrogens is 330 g/mol. The fourth-order valence-electron chi connectivity index (χ4n) is 3.68. The van der Waals surface area contributed by atoms with Crippen molar-refractivity contribution in [2.75, 3.05) is 18.4 Å². The Bertz CT molecular complexity index is 747. The maximum absolute atomic E-state index is 12.3. The zero-order chi connectivity index (χ0) is 18.5. The monoisotopic (exact) mass is 353 g/mol. The van der Waals surface area contributed by atoms with E-state index in [0.29, 0.717) is 17.8 Å². The number of carbonyl (C=O) groups is 3. The molecule has 1 saturated heterocycles. The standard InChI is InChI=1S/C20H23N3O3/c1-2-14-6-5-7-16(10-14)22-18(24)12-21-20(26)15-11-19(25)23(13-15)17-8-3-4-9-17/h1,5-7,10,15,17H,3-4,8-9,11-13H2,(H,21,26)(H,22,24)/t15-/m0/s1. The van der Waals surface area contributed by atoms with Crippen LogP contribution < -0.4 is 10.6 Å². The summed E-state index contributed by atoms with van der Waals surface area (Å²) >= 11 is 0. The number of anilines is 1. The van der Waals surface area contributed by atoms with Crippen LogP contribution in [0.5, 0.6) is 0 Å². The summed E-state index contributed by atoms with van der Waals surface area (Å²) in [6, 6.07) is 7.23. The van der Waals surface area contributed by atoms with Gasteiger partial charge in [-0.25, -0.2) is 0 Å².